The number of nitrogens with two attached hydrogens (primary N) is 2. The van der Waals surface area contributed by atoms with Crippen molar-refractivity contribution < 1.29 is 22.7 Å². The van der Waals surface area contributed by atoms with E-state index in [2.05, 4.69) is 9.71 Å². The van der Waals surface area contributed by atoms with Crippen LogP contribution in [0.5, 0.6) is 0 Å². The highest BCUT2D eigenvalue weighted by atomic mass is 32.2. The van der Waals surface area contributed by atoms with Gasteiger partial charge in [-0.15, -0.1) is 0 Å². The van der Waals surface area contributed by atoms with Crippen molar-refractivity contribution in [2.75, 3.05) is 26.4 Å². The third-order valence-electron chi connectivity index (χ3n) is 3.53. The summed E-state index contributed by atoms with van der Waals surface area (Å²) in [5.41, 5.74) is 11.5. The van der Waals surface area contributed by atoms with Gasteiger partial charge in [-0.05, 0) is 38.8 Å². The number of benzene rings is 1. The molecule has 0 bridgehead atoms. The first-order valence-electron chi connectivity index (χ1n) is 8.65. The number of rotatable bonds is 12. The summed E-state index contributed by atoms with van der Waals surface area (Å²) in [5, 5.41) is 0. The van der Waals surface area contributed by atoms with E-state index >= 15 is 0 Å². The molecule has 0 radical (unpaired) electrons. The molecule has 0 saturated carbocycles. The van der Waals surface area contributed by atoms with E-state index in [4.69, 9.17) is 20.9 Å². The molecule has 0 fully saturated rings. The summed E-state index contributed by atoms with van der Waals surface area (Å²) in [7, 11) is -3.88. The SMILES string of the molecule is CCOCCOC(=O)[C@H](CCCN=C(N)N)NS(=O)(=O)c1ccc(C)cc1. The van der Waals surface area contributed by atoms with Gasteiger partial charge in [-0.3, -0.25) is 9.79 Å². The number of aliphatic imine (C=N–C) groups is 1. The summed E-state index contributed by atoms with van der Waals surface area (Å²) in [6, 6.07) is 5.28. The minimum absolute atomic E-state index is 0.0450. The highest BCUT2D eigenvalue weighted by Gasteiger charge is 2.26. The zero-order valence-corrected chi connectivity index (χ0v) is 16.5. The predicted octanol–water partition coefficient (Wildman–Crippen LogP) is 0.275. The highest BCUT2D eigenvalue weighted by molar-refractivity contribution is 7.89. The van der Waals surface area contributed by atoms with Gasteiger partial charge in [0.15, 0.2) is 5.96 Å². The van der Waals surface area contributed by atoms with E-state index in [0.717, 1.165) is 5.56 Å². The molecule has 0 heterocycles. The monoisotopic (exact) mass is 400 g/mol. The molecule has 1 aromatic carbocycles. The molecule has 1 aromatic rings. The van der Waals surface area contributed by atoms with E-state index in [1.54, 1.807) is 12.1 Å². The number of esters is 1. The lowest BCUT2D eigenvalue weighted by Gasteiger charge is -2.17. The van der Waals surface area contributed by atoms with Crippen LogP contribution < -0.4 is 16.2 Å². The Hall–Kier alpha value is -2.17. The van der Waals surface area contributed by atoms with Crippen LogP contribution in [0.25, 0.3) is 0 Å². The molecule has 9 nitrogen and oxygen atoms in total. The Morgan fingerprint density at radius 2 is 1.89 bits per heavy atom. The normalized spacial score (nSPS) is 12.4. The van der Waals surface area contributed by atoms with Crippen molar-refractivity contribution in [1.29, 1.82) is 0 Å². The fourth-order valence-electron chi connectivity index (χ4n) is 2.15. The maximum atomic E-state index is 12.6. The Morgan fingerprint density at radius 1 is 1.22 bits per heavy atom. The number of guanidine groups is 1. The van der Waals surface area contributed by atoms with Crippen LogP contribution in [0.1, 0.15) is 25.3 Å². The number of hydrogen-bond donors (Lipinski definition) is 3. The van der Waals surface area contributed by atoms with Crippen molar-refractivity contribution in [2.45, 2.75) is 37.6 Å². The second-order valence-corrected chi connectivity index (χ2v) is 7.51. The van der Waals surface area contributed by atoms with Gasteiger partial charge in [0.05, 0.1) is 11.5 Å². The topological polar surface area (TPSA) is 146 Å². The largest absolute Gasteiger partial charge is 0.462 e. The maximum Gasteiger partial charge on any atom is 0.324 e. The standard InChI is InChI=1S/C17H28N4O5S/c1-3-25-11-12-26-16(22)15(5-4-10-20-17(18)19)21-27(23,24)14-8-6-13(2)7-9-14/h6-9,15,21H,3-5,10-12H2,1-2H3,(H4,18,19,20)/t15-/m0/s1. The van der Waals surface area contributed by atoms with E-state index in [1.807, 2.05) is 13.8 Å². The number of nitrogens with zero attached hydrogens (tertiary/aromatic N) is 1. The fourth-order valence-corrected chi connectivity index (χ4v) is 3.37. The number of hydrogen-bond acceptors (Lipinski definition) is 6. The van der Waals surface area contributed by atoms with Gasteiger partial charge in [0.1, 0.15) is 12.6 Å². The van der Waals surface area contributed by atoms with Crippen molar-refractivity contribution in [1.82, 2.24) is 4.72 Å². The molecule has 27 heavy (non-hydrogen) atoms. The number of sulfonamides is 1. The van der Waals surface area contributed by atoms with Crippen molar-refractivity contribution in [3.05, 3.63) is 29.8 Å². The minimum Gasteiger partial charge on any atom is -0.462 e. The molecule has 1 atom stereocenters. The van der Waals surface area contributed by atoms with Gasteiger partial charge in [-0.2, -0.15) is 4.72 Å². The highest BCUT2D eigenvalue weighted by Crippen LogP contribution is 2.12. The molecule has 1 rings (SSSR count). The molecule has 0 aliphatic heterocycles. The van der Waals surface area contributed by atoms with E-state index in [0.29, 0.717) is 13.0 Å². The Bertz CT molecular complexity index is 715. The van der Waals surface area contributed by atoms with Crippen LogP contribution in [-0.4, -0.2) is 52.8 Å². The Balaban J connectivity index is 2.80. The second-order valence-electron chi connectivity index (χ2n) is 5.80. The van der Waals surface area contributed by atoms with Crippen LogP contribution in [-0.2, 0) is 24.3 Å². The molecular formula is C17H28N4O5S. The van der Waals surface area contributed by atoms with E-state index in [-0.39, 0.29) is 37.0 Å². The molecule has 152 valence electrons. The molecular weight excluding hydrogens is 372 g/mol. The molecule has 0 aromatic heterocycles. The molecule has 0 aliphatic carbocycles. The average molecular weight is 401 g/mol. The first-order chi connectivity index (χ1) is 12.8. The van der Waals surface area contributed by atoms with Crippen molar-refractivity contribution >= 4 is 22.0 Å². The van der Waals surface area contributed by atoms with Crippen LogP contribution in [0.15, 0.2) is 34.2 Å². The Labute approximate surface area is 160 Å². The molecule has 0 aliphatic rings. The predicted molar refractivity (Wildman–Crippen MR) is 103 cm³/mol. The quantitative estimate of drug-likeness (QED) is 0.198. The lowest BCUT2D eigenvalue weighted by molar-refractivity contribution is -0.147. The van der Waals surface area contributed by atoms with Crippen molar-refractivity contribution in [3.8, 4) is 0 Å². The van der Waals surface area contributed by atoms with Crippen LogP contribution in [0.3, 0.4) is 0 Å². The zero-order valence-electron chi connectivity index (χ0n) is 15.7. The van der Waals surface area contributed by atoms with Gasteiger partial charge in [0, 0.05) is 13.2 Å². The van der Waals surface area contributed by atoms with Crippen LogP contribution >= 0.6 is 0 Å². The van der Waals surface area contributed by atoms with Crippen LogP contribution in [0.2, 0.25) is 0 Å². The summed E-state index contributed by atoms with van der Waals surface area (Å²) >= 11 is 0. The summed E-state index contributed by atoms with van der Waals surface area (Å²) in [6.45, 7) is 4.74. The van der Waals surface area contributed by atoms with Gasteiger partial charge in [-0.1, -0.05) is 17.7 Å². The maximum absolute atomic E-state index is 12.6. The number of ether oxygens (including phenoxy) is 2. The second kappa shape index (κ2) is 11.5. The minimum atomic E-state index is -3.88. The van der Waals surface area contributed by atoms with Gasteiger partial charge in [-0.25, -0.2) is 8.42 Å². The van der Waals surface area contributed by atoms with Gasteiger partial charge in [0.25, 0.3) is 0 Å². The summed E-state index contributed by atoms with van der Waals surface area (Å²) in [4.78, 5) is 16.2. The molecule has 0 saturated heterocycles. The fraction of sp³-hybridized carbons (Fsp3) is 0.529. The van der Waals surface area contributed by atoms with Crippen molar-refractivity contribution in [3.63, 3.8) is 0 Å². The van der Waals surface area contributed by atoms with Crippen LogP contribution in [0, 0.1) is 6.92 Å². The first-order valence-corrected chi connectivity index (χ1v) is 10.1. The lowest BCUT2D eigenvalue weighted by atomic mass is 10.2. The first kappa shape index (κ1) is 22.9. The Morgan fingerprint density at radius 3 is 2.48 bits per heavy atom. The van der Waals surface area contributed by atoms with Gasteiger partial charge >= 0.3 is 5.97 Å². The van der Waals surface area contributed by atoms with Gasteiger partial charge in [0.2, 0.25) is 10.0 Å². The third kappa shape index (κ3) is 8.85. The molecule has 0 unspecified atom stereocenters. The lowest BCUT2D eigenvalue weighted by Crippen LogP contribution is -2.42. The number of carbonyl (C=O) groups is 1. The summed E-state index contributed by atoms with van der Waals surface area (Å²) < 4.78 is 37.8. The number of aryl methyl sites for hydroxylation is 1. The molecule has 0 spiro atoms. The third-order valence-corrected chi connectivity index (χ3v) is 5.02. The smallest absolute Gasteiger partial charge is 0.324 e. The molecule has 0 amide bonds. The summed E-state index contributed by atoms with van der Waals surface area (Å²) in [5.74, 6) is -0.735. The summed E-state index contributed by atoms with van der Waals surface area (Å²) in [6.07, 6.45) is 0.592. The van der Waals surface area contributed by atoms with E-state index in [1.165, 1.54) is 12.1 Å². The molecule has 5 N–H and O–H groups in total. The Kier molecular flexibility index (Phi) is 9.76. The van der Waals surface area contributed by atoms with Crippen molar-refractivity contribution in [2.24, 2.45) is 16.5 Å². The number of nitrogens with one attached hydrogen (secondary N) is 1. The van der Waals surface area contributed by atoms with Gasteiger partial charge < -0.3 is 20.9 Å². The molecule has 10 heteroatoms. The van der Waals surface area contributed by atoms with Crippen LogP contribution in [0.4, 0.5) is 0 Å². The average Bonchev–Trinajstić information content (AvgIpc) is 2.61. The zero-order chi connectivity index (χ0) is 20.3. The number of carbonyl (C=O) groups excluding carboxylic acids is 1. The van der Waals surface area contributed by atoms with E-state index < -0.39 is 22.0 Å². The van der Waals surface area contributed by atoms with E-state index in [9.17, 15) is 13.2 Å².